The van der Waals surface area contributed by atoms with Gasteiger partial charge >= 0.3 is 0 Å². The number of carbonyl (C=O) groups is 1. The summed E-state index contributed by atoms with van der Waals surface area (Å²) in [7, 11) is 0. The van der Waals surface area contributed by atoms with Crippen molar-refractivity contribution in [1.82, 2.24) is 5.43 Å². The zero-order valence-electron chi connectivity index (χ0n) is 19.1. The number of hydrazone groups is 1. The fraction of sp³-hybridized carbons (Fsp3) is 0.391. The monoisotopic (exact) mass is 440 g/mol. The minimum atomic E-state index is -0.735. The van der Waals surface area contributed by atoms with Gasteiger partial charge in [-0.3, -0.25) is 25.0 Å². The van der Waals surface area contributed by atoms with E-state index in [1.165, 1.54) is 6.21 Å². The Hall–Kier alpha value is -3.62. The molecule has 0 fully saturated rings. The van der Waals surface area contributed by atoms with Gasteiger partial charge in [0.2, 0.25) is 5.91 Å². The smallest absolute Gasteiger partial charge is 0.273 e. The van der Waals surface area contributed by atoms with Crippen LogP contribution < -0.4 is 5.43 Å². The van der Waals surface area contributed by atoms with E-state index in [0.717, 1.165) is 34.9 Å². The van der Waals surface area contributed by atoms with Crippen molar-refractivity contribution in [3.05, 3.63) is 78.9 Å². The molecule has 0 aromatic heterocycles. The molecule has 1 N–H and O–H groups in total. The zero-order valence-corrected chi connectivity index (χ0v) is 19.1. The van der Waals surface area contributed by atoms with Crippen molar-refractivity contribution in [2.24, 2.45) is 5.10 Å². The second-order valence-electron chi connectivity index (χ2n) is 9.69. The molecule has 0 unspecified atom stereocenters. The summed E-state index contributed by atoms with van der Waals surface area (Å²) in [5.41, 5.74) is 4.63. The molecule has 2 aromatic rings. The van der Waals surface area contributed by atoms with Gasteiger partial charge in [0.25, 0.3) is 11.4 Å². The number of rotatable bonds is 6. The highest BCUT2D eigenvalue weighted by Crippen LogP contribution is 2.30. The van der Waals surface area contributed by atoms with Crippen molar-refractivity contribution >= 4 is 23.5 Å². The van der Waals surface area contributed by atoms with Crippen LogP contribution in [-0.2, 0) is 22.0 Å². The summed E-state index contributed by atoms with van der Waals surface area (Å²) in [5.74, 6) is -0.543. The van der Waals surface area contributed by atoms with Crippen molar-refractivity contribution in [3.63, 3.8) is 0 Å². The maximum atomic E-state index is 12.3. The zero-order chi connectivity index (χ0) is 24.3. The highest BCUT2D eigenvalue weighted by atomic mass is 16.6. The second kappa shape index (κ2) is 9.25. The largest absolute Gasteiger partial charge is 0.276 e. The van der Waals surface area contributed by atoms with E-state index in [-0.39, 0.29) is 22.8 Å². The van der Waals surface area contributed by atoms with Crippen molar-refractivity contribution in [1.29, 1.82) is 0 Å². The van der Waals surface area contributed by atoms with E-state index in [1.807, 2.05) is 12.1 Å². The number of carbonyl (C=O) groups excluding carboxylic acids is 1. The first-order valence-corrected chi connectivity index (χ1v) is 10.1. The fourth-order valence-electron chi connectivity index (χ4n) is 2.97. The molecule has 0 heterocycles. The van der Waals surface area contributed by atoms with Gasteiger partial charge in [-0.05, 0) is 45.2 Å². The predicted octanol–water partition coefficient (Wildman–Crippen LogP) is 4.79. The van der Waals surface area contributed by atoms with E-state index >= 15 is 0 Å². The Morgan fingerprint density at radius 3 is 1.75 bits per heavy atom. The quantitative estimate of drug-likeness (QED) is 0.392. The van der Waals surface area contributed by atoms with Crippen LogP contribution in [0.2, 0.25) is 0 Å². The van der Waals surface area contributed by atoms with Gasteiger partial charge in [0.1, 0.15) is 0 Å². The van der Waals surface area contributed by atoms with Crippen molar-refractivity contribution < 1.29 is 14.6 Å². The standard InChI is InChI=1S/C23H28N4O5/c1-22(2,3)17-7-16(8-18(12-17)23(4,5)6)14-24-25-21(28)11-15-9-19(26(29)30)13-20(10-15)27(31)32/h7-10,12-14H,11H2,1-6H3,(H,25,28)/b24-14+. The summed E-state index contributed by atoms with van der Waals surface area (Å²) in [6.07, 6.45) is 1.26. The number of nitrogens with one attached hydrogen (secondary N) is 1. The SMILES string of the molecule is CC(C)(C)c1cc(/C=N/NC(=O)Cc2cc([N+](=O)[O-])cc([N+](=O)[O-])c2)cc(C(C)(C)C)c1. The molecule has 0 aliphatic carbocycles. The number of amides is 1. The van der Waals surface area contributed by atoms with E-state index < -0.39 is 27.1 Å². The summed E-state index contributed by atoms with van der Waals surface area (Å²) in [6, 6.07) is 9.32. The van der Waals surface area contributed by atoms with Crippen molar-refractivity contribution in [2.75, 3.05) is 0 Å². The van der Waals surface area contributed by atoms with Gasteiger partial charge in [0.05, 0.1) is 28.5 Å². The first kappa shape index (κ1) is 24.6. The molecule has 170 valence electrons. The highest BCUT2D eigenvalue weighted by Gasteiger charge is 2.20. The Labute approximate surface area is 186 Å². The number of nitro benzene ring substituents is 2. The molecule has 0 spiro atoms. The van der Waals surface area contributed by atoms with Gasteiger partial charge in [-0.15, -0.1) is 0 Å². The Morgan fingerprint density at radius 2 is 1.34 bits per heavy atom. The average Bonchev–Trinajstić information content (AvgIpc) is 2.66. The molecular formula is C23H28N4O5. The summed E-state index contributed by atoms with van der Waals surface area (Å²) in [5, 5.41) is 26.0. The predicted molar refractivity (Wildman–Crippen MR) is 123 cm³/mol. The minimum Gasteiger partial charge on any atom is -0.273 e. The minimum absolute atomic E-state index is 0.0656. The molecule has 2 aromatic carbocycles. The van der Waals surface area contributed by atoms with Crippen LogP contribution in [-0.4, -0.2) is 22.0 Å². The lowest BCUT2D eigenvalue weighted by molar-refractivity contribution is -0.394. The molecule has 9 nitrogen and oxygen atoms in total. The summed E-state index contributed by atoms with van der Waals surface area (Å²) < 4.78 is 0. The Bertz CT molecular complexity index is 1010. The lowest BCUT2D eigenvalue weighted by Crippen LogP contribution is -2.20. The number of nitrogens with zero attached hydrogens (tertiary/aromatic N) is 3. The second-order valence-corrected chi connectivity index (χ2v) is 9.69. The summed E-state index contributed by atoms with van der Waals surface area (Å²) >= 11 is 0. The van der Waals surface area contributed by atoms with Crippen LogP contribution in [0.4, 0.5) is 11.4 Å². The van der Waals surface area contributed by atoms with Gasteiger partial charge < -0.3 is 0 Å². The summed E-state index contributed by atoms with van der Waals surface area (Å²) in [4.78, 5) is 32.8. The molecule has 1 amide bonds. The van der Waals surface area contributed by atoms with E-state index in [1.54, 1.807) is 0 Å². The van der Waals surface area contributed by atoms with Crippen LogP contribution in [0.1, 0.15) is 63.8 Å². The molecule has 0 bridgehead atoms. The molecule has 0 saturated carbocycles. The summed E-state index contributed by atoms with van der Waals surface area (Å²) in [6.45, 7) is 12.7. The number of nitro groups is 2. The van der Waals surface area contributed by atoms with Gasteiger partial charge in [0, 0.05) is 12.1 Å². The van der Waals surface area contributed by atoms with E-state index in [9.17, 15) is 25.0 Å². The molecule has 0 saturated heterocycles. The Morgan fingerprint density at radius 1 is 0.875 bits per heavy atom. The molecule has 9 heteroatoms. The Kier molecular flexibility index (Phi) is 7.13. The van der Waals surface area contributed by atoms with Crippen LogP contribution in [0.25, 0.3) is 0 Å². The maximum Gasteiger partial charge on any atom is 0.276 e. The van der Waals surface area contributed by atoms with Gasteiger partial charge in [-0.1, -0.05) is 47.6 Å². The topological polar surface area (TPSA) is 128 Å². The third kappa shape index (κ3) is 6.69. The van der Waals surface area contributed by atoms with Crippen molar-refractivity contribution in [3.8, 4) is 0 Å². The number of hydrogen-bond acceptors (Lipinski definition) is 6. The van der Waals surface area contributed by atoms with Crippen LogP contribution in [0.3, 0.4) is 0 Å². The van der Waals surface area contributed by atoms with E-state index in [0.29, 0.717) is 0 Å². The third-order valence-electron chi connectivity index (χ3n) is 4.84. The molecule has 0 atom stereocenters. The third-order valence-corrected chi connectivity index (χ3v) is 4.84. The molecular weight excluding hydrogens is 412 g/mol. The normalized spacial score (nSPS) is 12.1. The number of hydrogen-bond donors (Lipinski definition) is 1. The first-order chi connectivity index (χ1) is 14.7. The molecule has 2 rings (SSSR count). The van der Waals surface area contributed by atoms with Crippen LogP contribution in [0, 0.1) is 20.2 Å². The molecule has 0 aliphatic rings. The van der Waals surface area contributed by atoms with Crippen LogP contribution >= 0.6 is 0 Å². The fourth-order valence-corrected chi connectivity index (χ4v) is 2.97. The lowest BCUT2D eigenvalue weighted by atomic mass is 9.80. The molecule has 0 radical (unpaired) electrons. The lowest BCUT2D eigenvalue weighted by Gasteiger charge is -2.25. The van der Waals surface area contributed by atoms with E-state index in [4.69, 9.17) is 0 Å². The highest BCUT2D eigenvalue weighted by molar-refractivity contribution is 5.84. The number of non-ortho nitro benzene ring substituents is 2. The van der Waals surface area contributed by atoms with Gasteiger partial charge in [-0.25, -0.2) is 5.43 Å². The van der Waals surface area contributed by atoms with Gasteiger partial charge in [0.15, 0.2) is 0 Å². The average molecular weight is 441 g/mol. The first-order valence-electron chi connectivity index (χ1n) is 10.1. The number of benzene rings is 2. The molecule has 0 aliphatic heterocycles. The van der Waals surface area contributed by atoms with Gasteiger partial charge in [-0.2, -0.15) is 5.10 Å². The van der Waals surface area contributed by atoms with Crippen molar-refractivity contribution in [2.45, 2.75) is 58.8 Å². The van der Waals surface area contributed by atoms with Crippen LogP contribution in [0.5, 0.6) is 0 Å². The molecule has 32 heavy (non-hydrogen) atoms. The maximum absolute atomic E-state index is 12.3. The van der Waals surface area contributed by atoms with Crippen LogP contribution in [0.15, 0.2) is 41.5 Å². The Balaban J connectivity index is 2.21. The van der Waals surface area contributed by atoms with E-state index in [2.05, 4.69) is 58.1 Å².